The van der Waals surface area contributed by atoms with Crippen LogP contribution in [-0.4, -0.2) is 5.91 Å². The van der Waals surface area contributed by atoms with E-state index < -0.39 is 5.91 Å². The molecule has 3 nitrogen and oxygen atoms in total. The number of hydrogen-bond donors (Lipinski definition) is 1. The molecule has 2 rings (SSSR count). The molecule has 0 aromatic heterocycles. The Bertz CT molecular complexity index is 588. The molecular formula is C16H17NO2. The summed E-state index contributed by atoms with van der Waals surface area (Å²) in [7, 11) is 0. The van der Waals surface area contributed by atoms with Crippen molar-refractivity contribution in [2.45, 2.75) is 20.5 Å². The number of aryl methyl sites for hydroxylation is 2. The second kappa shape index (κ2) is 5.57. The molecule has 2 aromatic rings. The monoisotopic (exact) mass is 255 g/mol. The van der Waals surface area contributed by atoms with E-state index in [-0.39, 0.29) is 0 Å². The molecule has 3 heteroatoms. The number of carbonyl (C=O) groups is 1. The first-order valence-electron chi connectivity index (χ1n) is 6.15. The van der Waals surface area contributed by atoms with E-state index in [1.807, 2.05) is 0 Å². The van der Waals surface area contributed by atoms with Gasteiger partial charge in [-0.25, -0.2) is 0 Å². The van der Waals surface area contributed by atoms with Gasteiger partial charge in [-0.05, 0) is 49.2 Å². The van der Waals surface area contributed by atoms with E-state index in [0.717, 1.165) is 5.75 Å². The van der Waals surface area contributed by atoms with Crippen LogP contribution in [-0.2, 0) is 6.61 Å². The van der Waals surface area contributed by atoms with E-state index in [2.05, 4.69) is 32.0 Å². The van der Waals surface area contributed by atoms with Crippen LogP contribution < -0.4 is 10.5 Å². The Hall–Kier alpha value is -2.29. The van der Waals surface area contributed by atoms with Crippen molar-refractivity contribution in [2.75, 3.05) is 0 Å². The van der Waals surface area contributed by atoms with Gasteiger partial charge in [0.05, 0.1) is 0 Å². The van der Waals surface area contributed by atoms with Crippen molar-refractivity contribution in [3.05, 3.63) is 64.7 Å². The summed E-state index contributed by atoms with van der Waals surface area (Å²) in [6, 6.07) is 13.1. The molecule has 0 aliphatic carbocycles. The average Bonchev–Trinajstić information content (AvgIpc) is 2.40. The number of amides is 1. The number of benzene rings is 2. The fourth-order valence-corrected chi connectivity index (χ4v) is 1.83. The third-order valence-electron chi connectivity index (χ3n) is 3.04. The smallest absolute Gasteiger partial charge is 0.248 e. The highest BCUT2D eigenvalue weighted by atomic mass is 16.5. The molecule has 19 heavy (non-hydrogen) atoms. The Labute approximate surface area is 113 Å². The summed E-state index contributed by atoms with van der Waals surface area (Å²) < 4.78 is 5.71. The molecule has 0 saturated carbocycles. The third-order valence-corrected chi connectivity index (χ3v) is 3.04. The van der Waals surface area contributed by atoms with Crippen molar-refractivity contribution in [3.8, 4) is 5.75 Å². The first-order chi connectivity index (χ1) is 9.06. The molecule has 0 heterocycles. The molecule has 0 aliphatic heterocycles. The third kappa shape index (κ3) is 3.35. The number of rotatable bonds is 4. The average molecular weight is 255 g/mol. The normalized spacial score (nSPS) is 10.2. The van der Waals surface area contributed by atoms with Gasteiger partial charge in [-0.1, -0.05) is 23.8 Å². The van der Waals surface area contributed by atoms with Crippen LogP contribution in [0.1, 0.15) is 27.0 Å². The van der Waals surface area contributed by atoms with Crippen molar-refractivity contribution >= 4 is 5.91 Å². The second-order valence-electron chi connectivity index (χ2n) is 4.61. The number of carbonyl (C=O) groups excluding carboxylic acids is 1. The number of ether oxygens (including phenoxy) is 1. The molecule has 1 amide bonds. The predicted molar refractivity (Wildman–Crippen MR) is 75.2 cm³/mol. The molecule has 0 saturated heterocycles. The molecule has 0 bridgehead atoms. The van der Waals surface area contributed by atoms with Crippen molar-refractivity contribution in [3.63, 3.8) is 0 Å². The van der Waals surface area contributed by atoms with Crippen molar-refractivity contribution in [1.82, 2.24) is 0 Å². The summed E-state index contributed by atoms with van der Waals surface area (Å²) in [6.45, 7) is 4.64. The highest BCUT2D eigenvalue weighted by Gasteiger charge is 2.02. The molecule has 0 radical (unpaired) electrons. The van der Waals surface area contributed by atoms with Gasteiger partial charge in [-0.2, -0.15) is 0 Å². The van der Waals surface area contributed by atoms with E-state index >= 15 is 0 Å². The number of nitrogens with two attached hydrogens (primary N) is 1. The predicted octanol–water partition coefficient (Wildman–Crippen LogP) is 2.98. The van der Waals surface area contributed by atoms with Crippen LogP contribution in [0.3, 0.4) is 0 Å². The fourth-order valence-electron chi connectivity index (χ4n) is 1.83. The van der Waals surface area contributed by atoms with E-state index in [1.165, 1.54) is 16.7 Å². The van der Waals surface area contributed by atoms with Crippen LogP contribution in [0.25, 0.3) is 0 Å². The van der Waals surface area contributed by atoms with Gasteiger partial charge in [0.25, 0.3) is 0 Å². The summed E-state index contributed by atoms with van der Waals surface area (Å²) in [4.78, 5) is 11.0. The standard InChI is InChI=1S/C16H17NO2/c1-11-3-4-12(2)14(9-11)10-19-15-7-5-13(6-8-15)16(17)18/h3-9H,10H2,1-2H3,(H2,17,18). The van der Waals surface area contributed by atoms with Gasteiger partial charge in [0.15, 0.2) is 0 Å². The molecule has 0 aliphatic rings. The molecule has 2 N–H and O–H groups in total. The summed E-state index contributed by atoms with van der Waals surface area (Å²) in [5.41, 5.74) is 9.26. The van der Waals surface area contributed by atoms with E-state index in [1.54, 1.807) is 24.3 Å². The molecular weight excluding hydrogens is 238 g/mol. The maximum atomic E-state index is 11.0. The number of primary amides is 1. The van der Waals surface area contributed by atoms with E-state index in [0.29, 0.717) is 12.2 Å². The zero-order chi connectivity index (χ0) is 13.8. The van der Waals surface area contributed by atoms with Crippen LogP contribution in [0.15, 0.2) is 42.5 Å². The molecule has 98 valence electrons. The zero-order valence-corrected chi connectivity index (χ0v) is 11.1. The van der Waals surface area contributed by atoms with E-state index in [9.17, 15) is 4.79 Å². The van der Waals surface area contributed by atoms with E-state index in [4.69, 9.17) is 10.5 Å². The minimum atomic E-state index is -0.430. The minimum absolute atomic E-state index is 0.430. The molecule has 0 atom stereocenters. The van der Waals surface area contributed by atoms with Gasteiger partial charge in [0, 0.05) is 5.56 Å². The first-order valence-corrected chi connectivity index (χ1v) is 6.15. The van der Waals surface area contributed by atoms with Gasteiger partial charge in [0.2, 0.25) is 5.91 Å². The largest absolute Gasteiger partial charge is 0.489 e. The summed E-state index contributed by atoms with van der Waals surface area (Å²) in [6.07, 6.45) is 0. The molecule has 0 fully saturated rings. The minimum Gasteiger partial charge on any atom is -0.489 e. The fraction of sp³-hybridized carbons (Fsp3) is 0.188. The van der Waals surface area contributed by atoms with Gasteiger partial charge in [0.1, 0.15) is 12.4 Å². The van der Waals surface area contributed by atoms with Crippen LogP contribution in [0.2, 0.25) is 0 Å². The highest BCUT2D eigenvalue weighted by Crippen LogP contribution is 2.16. The van der Waals surface area contributed by atoms with Gasteiger partial charge in [-0.15, -0.1) is 0 Å². The molecule has 2 aromatic carbocycles. The van der Waals surface area contributed by atoms with Crippen LogP contribution >= 0.6 is 0 Å². The Morgan fingerprint density at radius 1 is 1.11 bits per heavy atom. The first kappa shape index (κ1) is 13.1. The maximum Gasteiger partial charge on any atom is 0.248 e. The summed E-state index contributed by atoms with van der Waals surface area (Å²) >= 11 is 0. The van der Waals surface area contributed by atoms with Crippen molar-refractivity contribution in [2.24, 2.45) is 5.73 Å². The SMILES string of the molecule is Cc1ccc(C)c(COc2ccc(C(N)=O)cc2)c1. The lowest BCUT2D eigenvalue weighted by atomic mass is 10.1. The second-order valence-corrected chi connectivity index (χ2v) is 4.61. The Kier molecular flexibility index (Phi) is 3.85. The highest BCUT2D eigenvalue weighted by molar-refractivity contribution is 5.92. The Morgan fingerprint density at radius 2 is 1.79 bits per heavy atom. The Balaban J connectivity index is 2.06. The Morgan fingerprint density at radius 3 is 2.42 bits per heavy atom. The maximum absolute atomic E-state index is 11.0. The van der Waals surface area contributed by atoms with Crippen LogP contribution in [0, 0.1) is 13.8 Å². The quantitative estimate of drug-likeness (QED) is 0.913. The van der Waals surface area contributed by atoms with Crippen LogP contribution in [0.5, 0.6) is 5.75 Å². The zero-order valence-electron chi connectivity index (χ0n) is 11.1. The molecule has 0 spiro atoms. The van der Waals surface area contributed by atoms with Crippen LogP contribution in [0.4, 0.5) is 0 Å². The number of hydrogen-bond acceptors (Lipinski definition) is 2. The summed E-state index contributed by atoms with van der Waals surface area (Å²) in [5.74, 6) is 0.298. The lowest BCUT2D eigenvalue weighted by molar-refractivity contribution is 0.100. The topological polar surface area (TPSA) is 52.3 Å². The van der Waals surface area contributed by atoms with Crippen molar-refractivity contribution in [1.29, 1.82) is 0 Å². The van der Waals surface area contributed by atoms with Gasteiger partial charge < -0.3 is 10.5 Å². The lowest BCUT2D eigenvalue weighted by Gasteiger charge is -2.10. The lowest BCUT2D eigenvalue weighted by Crippen LogP contribution is -2.10. The van der Waals surface area contributed by atoms with Gasteiger partial charge in [-0.3, -0.25) is 4.79 Å². The molecule has 0 unspecified atom stereocenters. The van der Waals surface area contributed by atoms with Crippen molar-refractivity contribution < 1.29 is 9.53 Å². The summed E-state index contributed by atoms with van der Waals surface area (Å²) in [5, 5.41) is 0. The van der Waals surface area contributed by atoms with Gasteiger partial charge >= 0.3 is 0 Å².